The zero-order valence-corrected chi connectivity index (χ0v) is 17.7. The summed E-state index contributed by atoms with van der Waals surface area (Å²) in [6.07, 6.45) is 7.02. The zero-order valence-electron chi connectivity index (χ0n) is 16.9. The fraction of sp³-hybridized carbons (Fsp3) is 0.318. The number of carbonyl (C=O) groups excluding carboxylic acids is 1. The number of hydrogen-bond acceptors (Lipinski definition) is 5. The van der Waals surface area contributed by atoms with Crippen molar-refractivity contribution in [3.63, 3.8) is 0 Å². The van der Waals surface area contributed by atoms with Crippen LogP contribution in [0.1, 0.15) is 30.1 Å². The van der Waals surface area contributed by atoms with Crippen molar-refractivity contribution in [3.05, 3.63) is 59.0 Å². The third kappa shape index (κ3) is 3.98. The van der Waals surface area contributed by atoms with Crippen molar-refractivity contribution in [1.29, 1.82) is 0 Å². The molecule has 1 saturated heterocycles. The first-order chi connectivity index (χ1) is 14.6. The second-order valence-corrected chi connectivity index (χ2v) is 7.57. The molecule has 2 aromatic heterocycles. The van der Waals surface area contributed by atoms with E-state index in [-0.39, 0.29) is 5.91 Å². The average Bonchev–Trinajstić information content (AvgIpc) is 3.21. The van der Waals surface area contributed by atoms with Crippen molar-refractivity contribution in [1.82, 2.24) is 19.5 Å². The predicted molar refractivity (Wildman–Crippen MR) is 115 cm³/mol. The molecule has 0 aliphatic carbocycles. The summed E-state index contributed by atoms with van der Waals surface area (Å²) in [6.45, 7) is 1.37. The van der Waals surface area contributed by atoms with Gasteiger partial charge in [-0.2, -0.15) is 0 Å². The lowest BCUT2D eigenvalue weighted by atomic mass is 9.96. The molecule has 0 radical (unpaired) electrons. The van der Waals surface area contributed by atoms with Crippen LogP contribution in [0.2, 0.25) is 5.02 Å². The first-order valence-corrected chi connectivity index (χ1v) is 10.2. The summed E-state index contributed by atoms with van der Waals surface area (Å²) in [6, 6.07) is 9.41. The van der Waals surface area contributed by atoms with E-state index in [4.69, 9.17) is 21.1 Å². The molecule has 3 aromatic rings. The first-order valence-electron chi connectivity index (χ1n) is 9.79. The highest BCUT2D eigenvalue weighted by Crippen LogP contribution is 2.36. The number of rotatable bonds is 5. The lowest BCUT2D eigenvalue weighted by Gasteiger charge is -2.30. The van der Waals surface area contributed by atoms with Gasteiger partial charge in [-0.1, -0.05) is 17.7 Å². The molecule has 1 aliphatic rings. The lowest BCUT2D eigenvalue weighted by Crippen LogP contribution is -2.37. The number of methoxy groups -OCH3 is 2. The molecule has 3 heterocycles. The molecule has 0 unspecified atom stereocenters. The molecule has 1 fully saturated rings. The van der Waals surface area contributed by atoms with Crippen LogP contribution in [0.25, 0.3) is 11.7 Å². The molecule has 1 aromatic carbocycles. The van der Waals surface area contributed by atoms with Gasteiger partial charge in [-0.3, -0.25) is 9.20 Å². The SMILES string of the molecule is COc1cc(/C=C/C(=O)N2CCC(c3nnc4ccccn34)CC2)cc(Cl)c1OC. The van der Waals surface area contributed by atoms with E-state index < -0.39 is 0 Å². The summed E-state index contributed by atoms with van der Waals surface area (Å²) in [4.78, 5) is 14.5. The van der Waals surface area contributed by atoms with Gasteiger partial charge in [0.05, 0.1) is 19.2 Å². The highest BCUT2D eigenvalue weighted by molar-refractivity contribution is 6.32. The first kappa shape index (κ1) is 20.2. The maximum absolute atomic E-state index is 12.7. The fourth-order valence-corrected chi connectivity index (χ4v) is 4.10. The van der Waals surface area contributed by atoms with E-state index >= 15 is 0 Å². The number of aromatic nitrogens is 3. The molecule has 156 valence electrons. The molecule has 0 saturated carbocycles. The minimum atomic E-state index is -0.0227. The molecular formula is C22H23ClN4O3. The van der Waals surface area contributed by atoms with Crippen molar-refractivity contribution < 1.29 is 14.3 Å². The number of benzene rings is 1. The summed E-state index contributed by atoms with van der Waals surface area (Å²) < 4.78 is 12.6. The van der Waals surface area contributed by atoms with Gasteiger partial charge in [-0.05, 0) is 48.7 Å². The molecule has 0 bridgehead atoms. The van der Waals surface area contributed by atoms with Gasteiger partial charge in [0.1, 0.15) is 5.82 Å². The summed E-state index contributed by atoms with van der Waals surface area (Å²) in [7, 11) is 3.09. The number of hydrogen-bond donors (Lipinski definition) is 0. The number of halogens is 1. The molecule has 30 heavy (non-hydrogen) atoms. The fourth-order valence-electron chi connectivity index (χ4n) is 3.80. The summed E-state index contributed by atoms with van der Waals surface area (Å²) in [5.41, 5.74) is 1.62. The molecule has 8 heteroatoms. The van der Waals surface area contributed by atoms with Crippen LogP contribution in [0.5, 0.6) is 11.5 Å². The van der Waals surface area contributed by atoms with E-state index in [1.54, 1.807) is 31.4 Å². The van der Waals surface area contributed by atoms with Gasteiger partial charge < -0.3 is 14.4 Å². The Morgan fingerprint density at radius 2 is 1.97 bits per heavy atom. The van der Waals surface area contributed by atoms with E-state index in [1.165, 1.54) is 7.11 Å². The Balaban J connectivity index is 1.40. The van der Waals surface area contributed by atoms with Crippen LogP contribution in [-0.4, -0.2) is 52.7 Å². The van der Waals surface area contributed by atoms with Gasteiger partial charge in [-0.15, -0.1) is 10.2 Å². The van der Waals surface area contributed by atoms with Crippen LogP contribution >= 0.6 is 11.6 Å². The largest absolute Gasteiger partial charge is 0.493 e. The number of nitrogens with zero attached hydrogens (tertiary/aromatic N) is 4. The normalized spacial score (nSPS) is 15.1. The van der Waals surface area contributed by atoms with E-state index in [9.17, 15) is 4.79 Å². The van der Waals surface area contributed by atoms with Gasteiger partial charge in [0.15, 0.2) is 17.1 Å². The number of carbonyl (C=O) groups is 1. The maximum Gasteiger partial charge on any atom is 0.246 e. The second-order valence-electron chi connectivity index (χ2n) is 7.16. The average molecular weight is 427 g/mol. The number of likely N-dealkylation sites (tertiary alicyclic amines) is 1. The van der Waals surface area contributed by atoms with Crippen molar-refractivity contribution in [2.75, 3.05) is 27.3 Å². The van der Waals surface area contributed by atoms with Crippen LogP contribution in [0, 0.1) is 0 Å². The van der Waals surface area contributed by atoms with Crippen LogP contribution < -0.4 is 9.47 Å². The zero-order chi connectivity index (χ0) is 21.1. The smallest absolute Gasteiger partial charge is 0.246 e. The Morgan fingerprint density at radius 3 is 2.70 bits per heavy atom. The third-order valence-corrected chi connectivity index (χ3v) is 5.67. The summed E-state index contributed by atoms with van der Waals surface area (Å²) >= 11 is 6.24. The van der Waals surface area contributed by atoms with Gasteiger partial charge in [-0.25, -0.2) is 0 Å². The van der Waals surface area contributed by atoms with Crippen LogP contribution in [-0.2, 0) is 4.79 Å². The van der Waals surface area contributed by atoms with E-state index in [0.717, 1.165) is 29.9 Å². The molecule has 1 amide bonds. The minimum absolute atomic E-state index is 0.0227. The van der Waals surface area contributed by atoms with Crippen molar-refractivity contribution in [3.8, 4) is 11.5 Å². The topological polar surface area (TPSA) is 69.0 Å². The van der Waals surface area contributed by atoms with Crippen molar-refractivity contribution >= 4 is 29.2 Å². The molecule has 7 nitrogen and oxygen atoms in total. The minimum Gasteiger partial charge on any atom is -0.493 e. The summed E-state index contributed by atoms with van der Waals surface area (Å²) in [5, 5.41) is 9.04. The van der Waals surface area contributed by atoms with Crippen LogP contribution in [0.4, 0.5) is 0 Å². The molecule has 4 rings (SSSR count). The predicted octanol–water partition coefficient (Wildman–Crippen LogP) is 3.82. The van der Waals surface area contributed by atoms with Gasteiger partial charge in [0.2, 0.25) is 5.91 Å². The van der Waals surface area contributed by atoms with Crippen molar-refractivity contribution in [2.45, 2.75) is 18.8 Å². The number of amides is 1. The van der Waals surface area contributed by atoms with Crippen molar-refractivity contribution in [2.24, 2.45) is 0 Å². The highest BCUT2D eigenvalue weighted by Gasteiger charge is 2.26. The Bertz CT molecular complexity index is 1090. The Hall–Kier alpha value is -3.06. The van der Waals surface area contributed by atoms with Gasteiger partial charge >= 0.3 is 0 Å². The van der Waals surface area contributed by atoms with E-state index in [0.29, 0.717) is 35.5 Å². The van der Waals surface area contributed by atoms with E-state index in [2.05, 4.69) is 10.2 Å². The van der Waals surface area contributed by atoms with Crippen LogP contribution in [0.3, 0.4) is 0 Å². The molecule has 0 spiro atoms. The van der Waals surface area contributed by atoms with Gasteiger partial charge in [0.25, 0.3) is 0 Å². The quantitative estimate of drug-likeness (QED) is 0.580. The Morgan fingerprint density at radius 1 is 1.17 bits per heavy atom. The number of fused-ring (bicyclic) bond motifs is 1. The second kappa shape index (κ2) is 8.75. The molecular weight excluding hydrogens is 404 g/mol. The van der Waals surface area contributed by atoms with E-state index in [1.807, 2.05) is 33.7 Å². The Labute approximate surface area is 179 Å². The monoisotopic (exact) mass is 426 g/mol. The maximum atomic E-state index is 12.7. The van der Waals surface area contributed by atoms with Crippen LogP contribution in [0.15, 0.2) is 42.6 Å². The number of pyridine rings is 1. The number of ether oxygens (including phenoxy) is 2. The summed E-state index contributed by atoms with van der Waals surface area (Å²) in [5.74, 6) is 2.24. The third-order valence-electron chi connectivity index (χ3n) is 5.39. The lowest BCUT2D eigenvalue weighted by molar-refractivity contribution is -0.127. The molecule has 0 atom stereocenters. The molecule has 0 N–H and O–H groups in total. The molecule has 1 aliphatic heterocycles. The Kier molecular flexibility index (Phi) is 5.90. The highest BCUT2D eigenvalue weighted by atomic mass is 35.5. The standard InChI is InChI=1S/C22H23ClN4O3/c1-29-18-14-15(13-17(23)21(18)30-2)6-7-20(28)26-11-8-16(9-12-26)22-25-24-19-5-3-4-10-27(19)22/h3-7,10,13-14,16H,8-9,11-12H2,1-2H3/b7-6+. The number of piperidine rings is 1. The van der Waals surface area contributed by atoms with Gasteiger partial charge in [0, 0.05) is 31.3 Å².